The summed E-state index contributed by atoms with van der Waals surface area (Å²) in [6.07, 6.45) is 2.74. The zero-order valence-electron chi connectivity index (χ0n) is 14.8. The number of hydrogen-bond acceptors (Lipinski definition) is 7. The Labute approximate surface area is 160 Å². The van der Waals surface area contributed by atoms with Gasteiger partial charge >= 0.3 is 5.97 Å². The number of para-hydroxylation sites is 1. The van der Waals surface area contributed by atoms with E-state index in [-0.39, 0.29) is 5.69 Å². The fourth-order valence-electron chi connectivity index (χ4n) is 2.34. The molecule has 28 heavy (non-hydrogen) atoms. The lowest BCUT2D eigenvalue weighted by Gasteiger charge is -2.08. The van der Waals surface area contributed by atoms with Gasteiger partial charge in [-0.25, -0.2) is 14.8 Å². The number of hydrogen-bond donors (Lipinski definition) is 2. The van der Waals surface area contributed by atoms with Crippen molar-refractivity contribution in [1.82, 2.24) is 9.97 Å². The van der Waals surface area contributed by atoms with Crippen LogP contribution in [0.1, 0.15) is 26.4 Å². The zero-order valence-corrected chi connectivity index (χ0v) is 14.8. The average Bonchev–Trinajstić information content (AvgIpc) is 2.74. The van der Waals surface area contributed by atoms with Crippen LogP contribution < -0.4 is 10.6 Å². The molecule has 1 heterocycles. The molecule has 138 valence electrons. The summed E-state index contributed by atoms with van der Waals surface area (Å²) < 4.78 is 4.65. The lowest BCUT2D eigenvalue weighted by Crippen LogP contribution is -2.15. The highest BCUT2D eigenvalue weighted by Gasteiger charge is 2.11. The van der Waals surface area contributed by atoms with Gasteiger partial charge in [0.15, 0.2) is 0 Å². The molecular weight excluding hydrogens is 358 g/mol. The third-order valence-corrected chi connectivity index (χ3v) is 3.76. The normalized spacial score (nSPS) is 9.86. The van der Waals surface area contributed by atoms with E-state index < -0.39 is 11.9 Å². The van der Waals surface area contributed by atoms with Crippen molar-refractivity contribution in [1.29, 1.82) is 5.26 Å². The predicted molar refractivity (Wildman–Crippen MR) is 102 cm³/mol. The van der Waals surface area contributed by atoms with Crippen LogP contribution in [-0.4, -0.2) is 29.0 Å². The van der Waals surface area contributed by atoms with Crippen LogP contribution in [-0.2, 0) is 4.74 Å². The maximum absolute atomic E-state index is 12.3. The Kier molecular flexibility index (Phi) is 5.58. The van der Waals surface area contributed by atoms with Crippen LogP contribution in [0.3, 0.4) is 0 Å². The van der Waals surface area contributed by atoms with E-state index in [4.69, 9.17) is 5.26 Å². The number of methoxy groups -OCH3 is 1. The third kappa shape index (κ3) is 4.28. The lowest BCUT2D eigenvalue weighted by molar-refractivity contribution is 0.0600. The van der Waals surface area contributed by atoms with Crippen LogP contribution in [0, 0.1) is 11.3 Å². The van der Waals surface area contributed by atoms with E-state index in [9.17, 15) is 9.59 Å². The van der Waals surface area contributed by atoms with Crippen molar-refractivity contribution >= 4 is 29.1 Å². The third-order valence-electron chi connectivity index (χ3n) is 3.76. The van der Waals surface area contributed by atoms with Gasteiger partial charge in [-0.3, -0.25) is 4.79 Å². The molecule has 3 rings (SSSR count). The Morgan fingerprint density at radius 3 is 2.43 bits per heavy atom. The Balaban J connectivity index is 1.67. The van der Waals surface area contributed by atoms with Crippen molar-refractivity contribution in [3.63, 3.8) is 0 Å². The second-order valence-electron chi connectivity index (χ2n) is 5.59. The van der Waals surface area contributed by atoms with E-state index in [0.29, 0.717) is 28.3 Å². The Bertz CT molecular complexity index is 1040. The smallest absolute Gasteiger partial charge is 0.337 e. The van der Waals surface area contributed by atoms with Crippen LogP contribution in [0.5, 0.6) is 0 Å². The van der Waals surface area contributed by atoms with Crippen LogP contribution in [0.25, 0.3) is 0 Å². The summed E-state index contributed by atoms with van der Waals surface area (Å²) in [5.74, 6) is -0.455. The number of aromatic nitrogens is 2. The van der Waals surface area contributed by atoms with Crippen molar-refractivity contribution in [3.05, 3.63) is 77.7 Å². The maximum Gasteiger partial charge on any atom is 0.337 e. The molecule has 0 bridgehead atoms. The Hall–Kier alpha value is -4.25. The molecule has 3 aromatic rings. The molecule has 0 fully saturated rings. The summed E-state index contributed by atoms with van der Waals surface area (Å²) in [7, 11) is 1.32. The Morgan fingerprint density at radius 2 is 1.79 bits per heavy atom. The van der Waals surface area contributed by atoms with Gasteiger partial charge in [-0.2, -0.15) is 5.26 Å². The van der Waals surface area contributed by atoms with Crippen molar-refractivity contribution in [3.8, 4) is 6.07 Å². The molecule has 8 heteroatoms. The summed E-state index contributed by atoms with van der Waals surface area (Å²) >= 11 is 0. The Morgan fingerprint density at radius 1 is 1.04 bits per heavy atom. The van der Waals surface area contributed by atoms with E-state index >= 15 is 0 Å². The first-order valence-corrected chi connectivity index (χ1v) is 8.18. The number of ether oxygens (including phenoxy) is 1. The van der Waals surface area contributed by atoms with Crippen LogP contribution >= 0.6 is 0 Å². The van der Waals surface area contributed by atoms with Crippen molar-refractivity contribution < 1.29 is 14.3 Å². The van der Waals surface area contributed by atoms with E-state index in [0.717, 1.165) is 0 Å². The number of carbonyl (C=O) groups excluding carboxylic acids is 2. The SMILES string of the molecule is COC(=O)c1ccc(Nc2cnc(C(=O)Nc3ccccc3C#N)cn2)cc1. The first-order valence-electron chi connectivity index (χ1n) is 8.18. The molecule has 0 spiro atoms. The van der Waals surface area contributed by atoms with Gasteiger partial charge < -0.3 is 15.4 Å². The molecule has 0 radical (unpaired) electrons. The molecule has 0 aliphatic heterocycles. The fraction of sp³-hybridized carbons (Fsp3) is 0.0500. The van der Waals surface area contributed by atoms with Gasteiger partial charge in [-0.15, -0.1) is 0 Å². The number of nitrogens with one attached hydrogen (secondary N) is 2. The summed E-state index contributed by atoms with van der Waals surface area (Å²) in [5.41, 5.74) is 2.01. The monoisotopic (exact) mass is 373 g/mol. The topological polar surface area (TPSA) is 117 Å². The van der Waals surface area contributed by atoms with E-state index in [1.807, 2.05) is 6.07 Å². The van der Waals surface area contributed by atoms with Gasteiger partial charge in [0.1, 0.15) is 17.6 Å². The number of carbonyl (C=O) groups is 2. The highest BCUT2D eigenvalue weighted by molar-refractivity contribution is 6.03. The number of nitrogens with zero attached hydrogens (tertiary/aromatic N) is 3. The quantitative estimate of drug-likeness (QED) is 0.660. The highest BCUT2D eigenvalue weighted by Crippen LogP contribution is 2.17. The van der Waals surface area contributed by atoms with Crippen molar-refractivity contribution in [2.24, 2.45) is 0 Å². The molecule has 0 aliphatic carbocycles. The molecule has 1 amide bonds. The molecule has 8 nitrogen and oxygen atoms in total. The molecule has 0 saturated heterocycles. The molecule has 0 unspecified atom stereocenters. The number of rotatable bonds is 5. The number of anilines is 3. The number of nitriles is 1. The van der Waals surface area contributed by atoms with Crippen LogP contribution in [0.4, 0.5) is 17.2 Å². The summed E-state index contributed by atoms with van der Waals surface area (Å²) in [6.45, 7) is 0. The largest absolute Gasteiger partial charge is 0.465 e. The van der Waals surface area contributed by atoms with Crippen molar-refractivity contribution in [2.45, 2.75) is 0 Å². The molecule has 2 aromatic carbocycles. The number of benzene rings is 2. The average molecular weight is 373 g/mol. The predicted octanol–water partition coefficient (Wildman–Crippen LogP) is 3.13. The second-order valence-corrected chi connectivity index (χ2v) is 5.59. The summed E-state index contributed by atoms with van der Waals surface area (Å²) in [6, 6.07) is 15.3. The minimum Gasteiger partial charge on any atom is -0.465 e. The molecule has 0 saturated carbocycles. The van der Waals surface area contributed by atoms with Gasteiger partial charge in [-0.1, -0.05) is 12.1 Å². The van der Waals surface area contributed by atoms with Gasteiger partial charge in [0.05, 0.1) is 36.3 Å². The van der Waals surface area contributed by atoms with E-state index in [1.165, 1.54) is 19.5 Å². The second kappa shape index (κ2) is 8.42. The fourth-order valence-corrected chi connectivity index (χ4v) is 2.34. The lowest BCUT2D eigenvalue weighted by atomic mass is 10.2. The minimum atomic E-state index is -0.468. The highest BCUT2D eigenvalue weighted by atomic mass is 16.5. The molecule has 0 aliphatic rings. The molecule has 2 N–H and O–H groups in total. The van der Waals surface area contributed by atoms with Gasteiger partial charge in [0, 0.05) is 5.69 Å². The summed E-state index contributed by atoms with van der Waals surface area (Å²) in [5, 5.41) is 14.7. The summed E-state index contributed by atoms with van der Waals surface area (Å²) in [4.78, 5) is 32.0. The van der Waals surface area contributed by atoms with Crippen LogP contribution in [0.2, 0.25) is 0 Å². The standard InChI is InChI=1S/C20H15N5O3/c1-28-20(27)13-6-8-15(9-7-13)24-18-12-22-17(11-23-18)19(26)25-16-5-3-2-4-14(16)10-21/h2-9,11-12H,1H3,(H,23,24)(H,25,26). The van der Waals surface area contributed by atoms with Gasteiger partial charge in [0.2, 0.25) is 0 Å². The number of esters is 1. The van der Waals surface area contributed by atoms with Gasteiger partial charge in [-0.05, 0) is 36.4 Å². The zero-order chi connectivity index (χ0) is 19.9. The van der Waals surface area contributed by atoms with Gasteiger partial charge in [0.25, 0.3) is 5.91 Å². The van der Waals surface area contributed by atoms with E-state index in [2.05, 4.69) is 25.3 Å². The van der Waals surface area contributed by atoms with Crippen molar-refractivity contribution in [2.75, 3.05) is 17.7 Å². The molecule has 1 aromatic heterocycles. The maximum atomic E-state index is 12.3. The number of amides is 1. The van der Waals surface area contributed by atoms with Crippen LogP contribution in [0.15, 0.2) is 60.9 Å². The first kappa shape index (κ1) is 18.5. The first-order chi connectivity index (χ1) is 13.6. The van der Waals surface area contributed by atoms with E-state index in [1.54, 1.807) is 48.5 Å². The molecule has 0 atom stereocenters. The minimum absolute atomic E-state index is 0.110. The molecular formula is C20H15N5O3.